The van der Waals surface area contributed by atoms with Crippen molar-refractivity contribution in [1.29, 1.82) is 0 Å². The van der Waals surface area contributed by atoms with Gasteiger partial charge in [-0.25, -0.2) is 8.42 Å². The number of aliphatic hydroxyl groups excluding tert-OH is 1. The van der Waals surface area contributed by atoms with Crippen LogP contribution < -0.4 is 0 Å². The highest BCUT2D eigenvalue weighted by atomic mass is 32.2. The van der Waals surface area contributed by atoms with E-state index in [9.17, 15) is 21.6 Å². The summed E-state index contributed by atoms with van der Waals surface area (Å²) in [4.78, 5) is 0. The molecule has 0 spiro atoms. The van der Waals surface area contributed by atoms with Gasteiger partial charge < -0.3 is 5.11 Å². The maximum atomic E-state index is 12.3. The molecule has 1 rings (SSSR count). The van der Waals surface area contributed by atoms with Gasteiger partial charge in [-0.3, -0.25) is 0 Å². The molecule has 1 heterocycles. The molecule has 1 saturated heterocycles. The Morgan fingerprint density at radius 2 is 2.00 bits per heavy atom. The van der Waals surface area contributed by atoms with Crippen molar-refractivity contribution in [1.82, 2.24) is 4.31 Å². The summed E-state index contributed by atoms with van der Waals surface area (Å²) >= 11 is 0. The lowest BCUT2D eigenvalue weighted by Crippen LogP contribution is -2.43. The van der Waals surface area contributed by atoms with Gasteiger partial charge in [0.25, 0.3) is 0 Å². The summed E-state index contributed by atoms with van der Waals surface area (Å²) in [6.07, 6.45) is 1.45. The first-order valence-electron chi connectivity index (χ1n) is 4.99. The van der Waals surface area contributed by atoms with Gasteiger partial charge in [-0.15, -0.1) is 0 Å². The lowest BCUT2D eigenvalue weighted by molar-refractivity contribution is -0.0493. The summed E-state index contributed by atoms with van der Waals surface area (Å²) in [7, 11) is -5.20. The Morgan fingerprint density at radius 1 is 1.38 bits per heavy atom. The average molecular weight is 261 g/mol. The second-order valence-corrected chi connectivity index (χ2v) is 5.61. The van der Waals surface area contributed by atoms with Crippen molar-refractivity contribution < 1.29 is 26.7 Å². The minimum atomic E-state index is -5.23. The molecule has 4 nitrogen and oxygen atoms in total. The highest BCUT2D eigenvalue weighted by Crippen LogP contribution is 2.33. The fourth-order valence-electron chi connectivity index (χ4n) is 1.87. The van der Waals surface area contributed by atoms with E-state index in [0.717, 1.165) is 0 Å². The Labute approximate surface area is 92.1 Å². The van der Waals surface area contributed by atoms with Crippen LogP contribution in [0.15, 0.2) is 0 Å². The maximum Gasteiger partial charge on any atom is 0.511 e. The minimum Gasteiger partial charge on any atom is -0.396 e. The maximum absolute atomic E-state index is 12.3. The van der Waals surface area contributed by atoms with Crippen LogP contribution in [0.2, 0.25) is 0 Å². The molecule has 0 aromatic rings. The van der Waals surface area contributed by atoms with E-state index in [1.54, 1.807) is 0 Å². The smallest absolute Gasteiger partial charge is 0.396 e. The molecule has 0 aromatic carbocycles. The first kappa shape index (κ1) is 13.7. The van der Waals surface area contributed by atoms with Crippen molar-refractivity contribution in [2.75, 3.05) is 13.2 Å². The molecule has 1 fully saturated rings. The predicted octanol–water partition coefficient (Wildman–Crippen LogP) is 1.07. The predicted molar refractivity (Wildman–Crippen MR) is 51.0 cm³/mol. The van der Waals surface area contributed by atoms with Crippen molar-refractivity contribution in [3.63, 3.8) is 0 Å². The Bertz CT molecular complexity index is 328. The molecule has 1 aliphatic rings. The zero-order valence-corrected chi connectivity index (χ0v) is 9.39. The number of sulfonamides is 1. The number of nitrogens with zero attached hydrogens (tertiary/aromatic N) is 1. The molecular formula is C8H14F3NO3S. The molecule has 1 atom stereocenters. The van der Waals surface area contributed by atoms with Crippen molar-refractivity contribution in [2.24, 2.45) is 0 Å². The molecule has 8 heteroatoms. The number of hydrogen-bond acceptors (Lipinski definition) is 3. The van der Waals surface area contributed by atoms with Crippen LogP contribution in [0, 0.1) is 0 Å². The van der Waals surface area contributed by atoms with Crippen molar-refractivity contribution in [3.8, 4) is 0 Å². The molecule has 16 heavy (non-hydrogen) atoms. The lowest BCUT2D eigenvalue weighted by atomic mass is 10.1. The van der Waals surface area contributed by atoms with Crippen LogP contribution in [0.5, 0.6) is 0 Å². The molecular weight excluding hydrogens is 247 g/mol. The molecule has 0 radical (unpaired) electrons. The summed E-state index contributed by atoms with van der Waals surface area (Å²) in [5.74, 6) is 0. The lowest BCUT2D eigenvalue weighted by Gasteiger charge is -2.24. The molecule has 1 unspecified atom stereocenters. The third kappa shape index (κ3) is 2.67. The third-order valence-electron chi connectivity index (χ3n) is 2.62. The van der Waals surface area contributed by atoms with Crippen LogP contribution >= 0.6 is 0 Å². The molecule has 0 bridgehead atoms. The monoisotopic (exact) mass is 261 g/mol. The van der Waals surface area contributed by atoms with Gasteiger partial charge >= 0.3 is 15.5 Å². The second-order valence-electron chi connectivity index (χ2n) is 3.72. The van der Waals surface area contributed by atoms with Crippen molar-refractivity contribution in [3.05, 3.63) is 0 Å². The Balaban J connectivity index is 2.79. The van der Waals surface area contributed by atoms with Gasteiger partial charge in [0.1, 0.15) is 0 Å². The molecule has 0 aliphatic carbocycles. The van der Waals surface area contributed by atoms with E-state index >= 15 is 0 Å². The van der Waals surface area contributed by atoms with E-state index in [0.29, 0.717) is 23.6 Å². The van der Waals surface area contributed by atoms with E-state index in [-0.39, 0.29) is 19.6 Å². The number of rotatable bonds is 4. The second kappa shape index (κ2) is 4.89. The fraction of sp³-hybridized carbons (Fsp3) is 1.00. The van der Waals surface area contributed by atoms with E-state index in [4.69, 9.17) is 5.11 Å². The minimum absolute atomic E-state index is 0.0854. The van der Waals surface area contributed by atoms with Gasteiger partial charge in [-0.1, -0.05) is 0 Å². The molecule has 0 aromatic heterocycles. The van der Waals surface area contributed by atoms with Crippen LogP contribution in [0.25, 0.3) is 0 Å². The van der Waals surface area contributed by atoms with E-state index in [2.05, 4.69) is 0 Å². The van der Waals surface area contributed by atoms with Crippen LogP contribution in [0.1, 0.15) is 25.7 Å². The van der Waals surface area contributed by atoms with E-state index < -0.39 is 21.6 Å². The molecule has 0 saturated carbocycles. The fourth-order valence-corrected chi connectivity index (χ4v) is 3.11. The van der Waals surface area contributed by atoms with Gasteiger partial charge in [0.2, 0.25) is 0 Å². The van der Waals surface area contributed by atoms with Gasteiger partial charge in [0.05, 0.1) is 0 Å². The summed E-state index contributed by atoms with van der Waals surface area (Å²) in [6, 6.07) is -0.626. The average Bonchev–Trinajstić information content (AvgIpc) is 2.61. The SMILES string of the molecule is O=S(=O)(N1CCCC1CCCO)C(F)(F)F. The first-order valence-corrected chi connectivity index (χ1v) is 6.43. The zero-order chi connectivity index (χ0) is 12.4. The molecule has 1 N–H and O–H groups in total. The zero-order valence-electron chi connectivity index (χ0n) is 8.57. The van der Waals surface area contributed by atoms with Gasteiger partial charge in [0.15, 0.2) is 0 Å². The van der Waals surface area contributed by atoms with Crippen molar-refractivity contribution >= 4 is 10.0 Å². The Morgan fingerprint density at radius 3 is 2.50 bits per heavy atom. The third-order valence-corrected chi connectivity index (χ3v) is 4.30. The summed E-state index contributed by atoms with van der Waals surface area (Å²) in [6.45, 7) is -0.228. The van der Waals surface area contributed by atoms with Crippen LogP contribution in [-0.4, -0.2) is 42.5 Å². The largest absolute Gasteiger partial charge is 0.511 e. The Hall–Kier alpha value is -0.340. The van der Waals surface area contributed by atoms with E-state index in [1.807, 2.05) is 0 Å². The topological polar surface area (TPSA) is 57.6 Å². The van der Waals surface area contributed by atoms with Gasteiger partial charge in [-0.2, -0.15) is 17.5 Å². The molecule has 0 amide bonds. The van der Waals surface area contributed by atoms with Gasteiger partial charge in [-0.05, 0) is 25.7 Å². The first-order chi connectivity index (χ1) is 7.30. The summed E-state index contributed by atoms with van der Waals surface area (Å²) < 4.78 is 59.8. The highest BCUT2D eigenvalue weighted by Gasteiger charge is 2.52. The highest BCUT2D eigenvalue weighted by molar-refractivity contribution is 7.90. The molecule has 1 aliphatic heterocycles. The van der Waals surface area contributed by atoms with Gasteiger partial charge in [0, 0.05) is 19.2 Å². The normalized spacial score (nSPS) is 23.9. The number of aliphatic hydroxyl groups is 1. The quantitative estimate of drug-likeness (QED) is 0.823. The summed E-state index contributed by atoms with van der Waals surface area (Å²) in [5.41, 5.74) is -5.23. The summed E-state index contributed by atoms with van der Waals surface area (Å²) in [5, 5.41) is 8.59. The Kier molecular flexibility index (Phi) is 4.19. The number of hydrogen-bond donors (Lipinski definition) is 1. The molecule has 96 valence electrons. The number of halogens is 3. The van der Waals surface area contributed by atoms with Crippen molar-refractivity contribution in [2.45, 2.75) is 37.2 Å². The van der Waals surface area contributed by atoms with Crippen LogP contribution in [-0.2, 0) is 10.0 Å². The van der Waals surface area contributed by atoms with E-state index in [1.165, 1.54) is 0 Å². The standard InChI is InChI=1S/C8H14F3NO3S/c9-8(10,11)16(14,15)12-5-1-3-7(12)4-2-6-13/h7,13H,1-6H2. The van der Waals surface area contributed by atoms with Crippen LogP contribution in [0.3, 0.4) is 0 Å². The van der Waals surface area contributed by atoms with Crippen LogP contribution in [0.4, 0.5) is 13.2 Å². The number of alkyl halides is 3.